The molecule has 0 radical (unpaired) electrons. The summed E-state index contributed by atoms with van der Waals surface area (Å²) in [5.41, 5.74) is -0.122. The summed E-state index contributed by atoms with van der Waals surface area (Å²) in [4.78, 5) is 41.8. The normalized spacial score (nSPS) is 13.3. The summed E-state index contributed by atoms with van der Waals surface area (Å²) < 4.78 is 37.6. The van der Waals surface area contributed by atoms with Crippen molar-refractivity contribution < 1.29 is 37.8 Å². The Balaban J connectivity index is 2.95. The predicted octanol–water partition coefficient (Wildman–Crippen LogP) is 1.42. The Hall–Kier alpha value is -2.31. The summed E-state index contributed by atoms with van der Waals surface area (Å²) in [5, 5.41) is 13.9. The van der Waals surface area contributed by atoms with Gasteiger partial charge < -0.3 is 20.2 Å². The topological polar surface area (TPSA) is 136 Å². The van der Waals surface area contributed by atoms with Crippen LogP contribution in [0.3, 0.4) is 0 Å². The molecule has 0 spiro atoms. The predicted molar refractivity (Wildman–Crippen MR) is 101 cm³/mol. The first-order chi connectivity index (χ1) is 13.4. The van der Waals surface area contributed by atoms with Crippen molar-refractivity contribution in [2.24, 2.45) is 5.92 Å². The summed E-state index contributed by atoms with van der Waals surface area (Å²) in [7, 11) is -4.50. The molecule has 0 aliphatic heterocycles. The van der Waals surface area contributed by atoms with E-state index in [1.165, 1.54) is 0 Å². The highest BCUT2D eigenvalue weighted by Gasteiger charge is 2.27. The van der Waals surface area contributed by atoms with Crippen LogP contribution in [0, 0.1) is 29.4 Å². The quantitative estimate of drug-likeness (QED) is 0.294. The van der Waals surface area contributed by atoms with Crippen LogP contribution in [0.1, 0.15) is 32.3 Å². The molecule has 0 fully saturated rings. The highest BCUT2D eigenvalue weighted by molar-refractivity contribution is 7.51. The average molecular weight is 432 g/mol. The Morgan fingerprint density at radius 3 is 2.38 bits per heavy atom. The van der Waals surface area contributed by atoms with Crippen molar-refractivity contribution in [1.29, 1.82) is 0 Å². The molecule has 2 atom stereocenters. The SMILES string of the molecule is CC(C)C[C@H](NC(=O)[C@H](CC#Cc1ccc(F)cc1F)NCP(=O)(O)O)C(=O)O. The summed E-state index contributed by atoms with van der Waals surface area (Å²) in [6.07, 6.45) is -0.977. The van der Waals surface area contributed by atoms with E-state index in [9.17, 15) is 28.0 Å². The van der Waals surface area contributed by atoms with Crippen molar-refractivity contribution in [3.05, 3.63) is 35.4 Å². The monoisotopic (exact) mass is 432 g/mol. The molecule has 0 heterocycles. The van der Waals surface area contributed by atoms with Crippen LogP contribution in [0.4, 0.5) is 8.78 Å². The fraction of sp³-hybridized carbons (Fsp3) is 0.444. The summed E-state index contributed by atoms with van der Waals surface area (Å²) >= 11 is 0. The highest BCUT2D eigenvalue weighted by atomic mass is 31.2. The molecule has 0 unspecified atom stereocenters. The number of carbonyl (C=O) groups is 2. The number of aliphatic carboxylic acids is 1. The third kappa shape index (κ3) is 9.63. The number of halogens is 2. The molecule has 0 saturated carbocycles. The van der Waals surface area contributed by atoms with E-state index >= 15 is 0 Å². The molecular formula is C18H23F2N2O6P. The van der Waals surface area contributed by atoms with Gasteiger partial charge in [-0.1, -0.05) is 25.7 Å². The van der Waals surface area contributed by atoms with Crippen LogP contribution >= 0.6 is 7.60 Å². The Bertz CT molecular complexity index is 846. The van der Waals surface area contributed by atoms with Gasteiger partial charge in [-0.15, -0.1) is 0 Å². The van der Waals surface area contributed by atoms with Gasteiger partial charge in [0.1, 0.15) is 17.7 Å². The first-order valence-corrected chi connectivity index (χ1v) is 10.4. The number of nitrogens with one attached hydrogen (secondary N) is 2. The molecule has 0 aliphatic rings. The number of rotatable bonds is 9. The number of carboxylic acid groups (broad SMARTS) is 1. The summed E-state index contributed by atoms with van der Waals surface area (Å²) in [6, 6.07) is 0.312. The van der Waals surface area contributed by atoms with Gasteiger partial charge in [-0.05, 0) is 24.5 Å². The number of amides is 1. The van der Waals surface area contributed by atoms with Gasteiger partial charge in [-0.25, -0.2) is 13.6 Å². The number of carbonyl (C=O) groups excluding carboxylic acids is 1. The van der Waals surface area contributed by atoms with Crippen molar-refractivity contribution in [3.8, 4) is 11.8 Å². The maximum Gasteiger partial charge on any atom is 0.339 e. The first kappa shape index (κ1) is 24.7. The van der Waals surface area contributed by atoms with Crippen LogP contribution in [0.15, 0.2) is 18.2 Å². The van der Waals surface area contributed by atoms with Crippen LogP contribution in [0.2, 0.25) is 0 Å². The van der Waals surface area contributed by atoms with Crippen molar-refractivity contribution in [2.45, 2.75) is 38.8 Å². The van der Waals surface area contributed by atoms with Gasteiger partial charge in [0.05, 0.1) is 17.9 Å². The highest BCUT2D eigenvalue weighted by Crippen LogP contribution is 2.32. The minimum atomic E-state index is -4.50. The van der Waals surface area contributed by atoms with E-state index in [1.807, 2.05) is 0 Å². The lowest BCUT2D eigenvalue weighted by Crippen LogP contribution is -2.50. The maximum atomic E-state index is 13.6. The van der Waals surface area contributed by atoms with E-state index in [-0.39, 0.29) is 24.3 Å². The molecule has 160 valence electrons. The van der Waals surface area contributed by atoms with Gasteiger partial charge in [-0.3, -0.25) is 14.7 Å². The van der Waals surface area contributed by atoms with Crippen molar-refractivity contribution in [3.63, 3.8) is 0 Å². The molecule has 0 saturated heterocycles. The second-order valence-corrected chi connectivity index (χ2v) is 8.38. The van der Waals surface area contributed by atoms with Gasteiger partial charge in [0, 0.05) is 12.5 Å². The summed E-state index contributed by atoms with van der Waals surface area (Å²) in [6.45, 7) is 3.54. The van der Waals surface area contributed by atoms with E-state index < -0.39 is 49.5 Å². The van der Waals surface area contributed by atoms with Crippen LogP contribution in [-0.2, 0) is 14.2 Å². The average Bonchev–Trinajstić information content (AvgIpc) is 2.57. The standard InChI is InChI=1S/C18H23F2N2O6P/c1-11(2)8-16(18(24)25)22-17(23)15(21-10-29(26,27)28)5-3-4-12-6-7-13(19)9-14(12)20/h6-7,9,11,15-16,21H,5,8,10H2,1-2H3,(H,22,23)(H,24,25)(H2,26,27,28)/t15-,16-/m0/s1. The molecule has 8 nitrogen and oxygen atoms in total. The molecule has 1 aromatic rings. The lowest BCUT2D eigenvalue weighted by molar-refractivity contribution is -0.142. The second-order valence-electron chi connectivity index (χ2n) is 6.74. The molecule has 0 aliphatic carbocycles. The number of benzene rings is 1. The molecule has 1 rings (SSSR count). The van der Waals surface area contributed by atoms with Gasteiger partial charge in [0.25, 0.3) is 0 Å². The van der Waals surface area contributed by atoms with Crippen LogP contribution in [0.25, 0.3) is 0 Å². The van der Waals surface area contributed by atoms with Crippen molar-refractivity contribution in [2.75, 3.05) is 6.29 Å². The number of hydrogen-bond donors (Lipinski definition) is 5. The minimum absolute atomic E-state index is 0.0286. The third-order valence-electron chi connectivity index (χ3n) is 3.64. The largest absolute Gasteiger partial charge is 0.480 e. The lowest BCUT2D eigenvalue weighted by Gasteiger charge is -2.21. The molecule has 11 heteroatoms. The van der Waals surface area contributed by atoms with E-state index in [0.717, 1.165) is 12.1 Å². The maximum absolute atomic E-state index is 13.6. The molecule has 0 aromatic heterocycles. The zero-order valence-electron chi connectivity index (χ0n) is 15.9. The minimum Gasteiger partial charge on any atom is -0.480 e. The van der Waals surface area contributed by atoms with Crippen molar-refractivity contribution >= 4 is 19.5 Å². The Kier molecular flexibility index (Phi) is 9.40. The zero-order chi connectivity index (χ0) is 22.2. The fourth-order valence-electron chi connectivity index (χ4n) is 2.29. The van der Waals surface area contributed by atoms with Crippen LogP contribution < -0.4 is 10.6 Å². The first-order valence-electron chi connectivity index (χ1n) is 8.64. The Labute approximate surface area is 166 Å². The Morgan fingerprint density at radius 2 is 1.86 bits per heavy atom. The van der Waals surface area contributed by atoms with Gasteiger partial charge >= 0.3 is 13.6 Å². The molecule has 29 heavy (non-hydrogen) atoms. The smallest absolute Gasteiger partial charge is 0.339 e. The number of hydrogen-bond acceptors (Lipinski definition) is 4. The second kappa shape index (κ2) is 11.0. The molecule has 1 aromatic carbocycles. The van der Waals surface area contributed by atoms with E-state index in [4.69, 9.17) is 9.79 Å². The van der Waals surface area contributed by atoms with Crippen LogP contribution in [-0.4, -0.2) is 45.1 Å². The molecular weight excluding hydrogens is 409 g/mol. The number of carboxylic acids is 1. The fourth-order valence-corrected chi connectivity index (χ4v) is 2.75. The zero-order valence-corrected chi connectivity index (χ0v) is 16.7. The van der Waals surface area contributed by atoms with E-state index in [1.54, 1.807) is 13.8 Å². The van der Waals surface area contributed by atoms with E-state index in [0.29, 0.717) is 6.07 Å². The van der Waals surface area contributed by atoms with E-state index in [2.05, 4.69) is 22.5 Å². The van der Waals surface area contributed by atoms with Gasteiger partial charge in [-0.2, -0.15) is 0 Å². The van der Waals surface area contributed by atoms with Crippen molar-refractivity contribution in [1.82, 2.24) is 10.6 Å². The summed E-state index contributed by atoms with van der Waals surface area (Å²) in [5.74, 6) is 1.12. The van der Waals surface area contributed by atoms with Crippen LogP contribution in [0.5, 0.6) is 0 Å². The Morgan fingerprint density at radius 1 is 1.21 bits per heavy atom. The molecule has 5 N–H and O–H groups in total. The van der Waals surface area contributed by atoms with Gasteiger partial charge in [0.15, 0.2) is 0 Å². The van der Waals surface area contributed by atoms with Gasteiger partial charge in [0.2, 0.25) is 5.91 Å². The lowest BCUT2D eigenvalue weighted by atomic mass is 10.0. The molecule has 0 bridgehead atoms. The third-order valence-corrected chi connectivity index (χ3v) is 4.24. The molecule has 1 amide bonds.